The predicted molar refractivity (Wildman–Crippen MR) is 53.9 cm³/mol. The van der Waals surface area contributed by atoms with Crippen LogP contribution in [0.4, 0.5) is 8.78 Å². The summed E-state index contributed by atoms with van der Waals surface area (Å²) in [6.07, 6.45) is 0. The molecule has 1 fully saturated rings. The van der Waals surface area contributed by atoms with E-state index in [1.165, 1.54) is 6.07 Å². The number of aliphatic hydroxyl groups is 1. The van der Waals surface area contributed by atoms with E-state index in [1.54, 1.807) is 0 Å². The molecular weight excluding hydrogens is 216 g/mol. The summed E-state index contributed by atoms with van der Waals surface area (Å²) in [6.45, 7) is 0.776. The molecule has 2 rings (SSSR count). The quantitative estimate of drug-likeness (QED) is 0.794. The summed E-state index contributed by atoms with van der Waals surface area (Å²) in [5.41, 5.74) is 0.622. The molecule has 0 aliphatic carbocycles. The molecule has 0 amide bonds. The third kappa shape index (κ3) is 2.37. The van der Waals surface area contributed by atoms with E-state index in [2.05, 4.69) is 5.32 Å². The van der Waals surface area contributed by atoms with Crippen LogP contribution in [0.1, 0.15) is 11.6 Å². The molecule has 1 aliphatic rings. The van der Waals surface area contributed by atoms with Gasteiger partial charge in [0.1, 0.15) is 0 Å². The van der Waals surface area contributed by atoms with E-state index in [9.17, 15) is 8.78 Å². The fourth-order valence-electron chi connectivity index (χ4n) is 1.74. The van der Waals surface area contributed by atoms with Gasteiger partial charge in [-0.15, -0.1) is 0 Å². The van der Waals surface area contributed by atoms with Gasteiger partial charge in [-0.25, -0.2) is 8.78 Å². The Bertz CT molecular complexity index is 373. The van der Waals surface area contributed by atoms with E-state index in [0.29, 0.717) is 18.8 Å². The van der Waals surface area contributed by atoms with Crippen molar-refractivity contribution in [1.82, 2.24) is 5.32 Å². The number of ether oxygens (including phenoxy) is 1. The Hall–Kier alpha value is -1.04. The highest BCUT2D eigenvalue weighted by molar-refractivity contribution is 5.22. The minimum Gasteiger partial charge on any atom is -0.395 e. The number of hydrogen-bond acceptors (Lipinski definition) is 3. The summed E-state index contributed by atoms with van der Waals surface area (Å²) in [6, 6.07) is 3.39. The first-order valence-electron chi connectivity index (χ1n) is 5.10. The molecule has 0 aromatic heterocycles. The van der Waals surface area contributed by atoms with Crippen LogP contribution in [0, 0.1) is 11.6 Å². The number of nitrogens with one attached hydrogen (secondary N) is 1. The monoisotopic (exact) mass is 229 g/mol. The maximum Gasteiger partial charge on any atom is 0.159 e. The van der Waals surface area contributed by atoms with Gasteiger partial charge in [-0.3, -0.25) is 0 Å². The second-order valence-corrected chi connectivity index (χ2v) is 3.81. The van der Waals surface area contributed by atoms with E-state index in [4.69, 9.17) is 9.84 Å². The number of rotatable bonds is 2. The Kier molecular flexibility index (Phi) is 3.48. The zero-order valence-corrected chi connectivity index (χ0v) is 8.62. The fraction of sp³-hybridized carbons (Fsp3) is 0.455. The van der Waals surface area contributed by atoms with Gasteiger partial charge in [0.25, 0.3) is 0 Å². The van der Waals surface area contributed by atoms with Crippen molar-refractivity contribution < 1.29 is 18.6 Å². The van der Waals surface area contributed by atoms with E-state index >= 15 is 0 Å². The topological polar surface area (TPSA) is 41.5 Å². The second kappa shape index (κ2) is 4.86. The molecule has 16 heavy (non-hydrogen) atoms. The van der Waals surface area contributed by atoms with Crippen LogP contribution in [-0.2, 0) is 4.74 Å². The number of morpholine rings is 1. The molecule has 0 saturated carbocycles. The molecule has 1 heterocycles. The molecule has 0 unspecified atom stereocenters. The minimum atomic E-state index is -0.870. The summed E-state index contributed by atoms with van der Waals surface area (Å²) in [5.74, 6) is -1.73. The van der Waals surface area contributed by atoms with Crippen LogP contribution in [0.3, 0.4) is 0 Å². The molecule has 88 valence electrons. The third-order valence-electron chi connectivity index (χ3n) is 2.61. The smallest absolute Gasteiger partial charge is 0.159 e. The highest BCUT2D eigenvalue weighted by Crippen LogP contribution is 2.19. The third-order valence-corrected chi connectivity index (χ3v) is 2.61. The lowest BCUT2D eigenvalue weighted by atomic mass is 10.0. The maximum absolute atomic E-state index is 13.0. The highest BCUT2D eigenvalue weighted by atomic mass is 19.2. The minimum absolute atomic E-state index is 0.0415. The van der Waals surface area contributed by atoms with Crippen molar-refractivity contribution in [2.24, 2.45) is 0 Å². The Morgan fingerprint density at radius 2 is 2.12 bits per heavy atom. The van der Waals surface area contributed by atoms with Gasteiger partial charge in [-0.05, 0) is 17.7 Å². The van der Waals surface area contributed by atoms with Crippen LogP contribution < -0.4 is 5.32 Å². The molecule has 3 nitrogen and oxygen atoms in total. The highest BCUT2D eigenvalue weighted by Gasteiger charge is 2.22. The average Bonchev–Trinajstić information content (AvgIpc) is 2.33. The number of hydrogen-bond donors (Lipinski definition) is 2. The number of benzene rings is 1. The van der Waals surface area contributed by atoms with Crippen LogP contribution in [0.5, 0.6) is 0 Å². The zero-order valence-electron chi connectivity index (χ0n) is 8.62. The molecule has 0 radical (unpaired) electrons. The van der Waals surface area contributed by atoms with E-state index < -0.39 is 11.6 Å². The number of halogens is 2. The van der Waals surface area contributed by atoms with Crippen molar-refractivity contribution >= 4 is 0 Å². The summed E-state index contributed by atoms with van der Waals surface area (Å²) >= 11 is 0. The van der Waals surface area contributed by atoms with Gasteiger partial charge in [0.05, 0.1) is 31.9 Å². The molecule has 1 aliphatic heterocycles. The molecule has 5 heteroatoms. The zero-order chi connectivity index (χ0) is 11.5. The molecule has 0 spiro atoms. The largest absolute Gasteiger partial charge is 0.395 e. The Labute approximate surface area is 92.0 Å². The fourth-order valence-corrected chi connectivity index (χ4v) is 1.74. The summed E-state index contributed by atoms with van der Waals surface area (Å²) < 4.78 is 31.0. The summed E-state index contributed by atoms with van der Waals surface area (Å²) in [5, 5.41) is 12.1. The lowest BCUT2D eigenvalue weighted by Crippen LogP contribution is -2.45. The van der Waals surface area contributed by atoms with Crippen molar-refractivity contribution in [1.29, 1.82) is 0 Å². The van der Waals surface area contributed by atoms with Crippen molar-refractivity contribution in [3.8, 4) is 0 Å². The van der Waals surface area contributed by atoms with E-state index in [1.807, 2.05) is 0 Å². The van der Waals surface area contributed by atoms with Gasteiger partial charge in [-0.1, -0.05) is 6.07 Å². The van der Waals surface area contributed by atoms with Gasteiger partial charge >= 0.3 is 0 Å². The van der Waals surface area contributed by atoms with Crippen molar-refractivity contribution in [3.05, 3.63) is 35.4 Å². The van der Waals surface area contributed by atoms with Gasteiger partial charge in [0, 0.05) is 0 Å². The Balaban J connectivity index is 2.13. The van der Waals surface area contributed by atoms with Crippen molar-refractivity contribution in [2.75, 3.05) is 19.8 Å². The molecule has 1 aromatic rings. The lowest BCUT2D eigenvalue weighted by molar-refractivity contribution is 0.0264. The molecule has 2 atom stereocenters. The maximum atomic E-state index is 13.0. The van der Waals surface area contributed by atoms with Crippen LogP contribution in [0.2, 0.25) is 0 Å². The van der Waals surface area contributed by atoms with Gasteiger partial charge in [-0.2, -0.15) is 0 Å². The Morgan fingerprint density at radius 3 is 2.81 bits per heavy atom. The SMILES string of the molecule is OC[C@H]1COC[C@@H](c2ccc(F)c(F)c2)N1. The predicted octanol–water partition coefficient (Wildman–Crippen LogP) is 0.987. The first kappa shape index (κ1) is 11.4. The molecule has 2 N–H and O–H groups in total. The molecular formula is C11H13F2NO2. The number of aliphatic hydroxyl groups excluding tert-OH is 1. The summed E-state index contributed by atoms with van der Waals surface area (Å²) in [4.78, 5) is 0. The van der Waals surface area contributed by atoms with Crippen LogP contribution in [0.15, 0.2) is 18.2 Å². The summed E-state index contributed by atoms with van der Waals surface area (Å²) in [7, 11) is 0. The first-order chi connectivity index (χ1) is 7.70. The van der Waals surface area contributed by atoms with E-state index in [-0.39, 0.29) is 18.7 Å². The molecule has 1 saturated heterocycles. The van der Waals surface area contributed by atoms with Crippen LogP contribution >= 0.6 is 0 Å². The average molecular weight is 229 g/mol. The molecule has 0 bridgehead atoms. The normalized spacial score (nSPS) is 25.7. The van der Waals surface area contributed by atoms with Crippen molar-refractivity contribution in [3.63, 3.8) is 0 Å². The standard InChI is InChI=1S/C11H13F2NO2/c12-9-2-1-7(3-10(9)13)11-6-16-5-8(4-15)14-11/h1-3,8,11,14-15H,4-6H2/t8-,11-/m0/s1. The van der Waals surface area contributed by atoms with Gasteiger partial charge in [0.15, 0.2) is 11.6 Å². The first-order valence-corrected chi connectivity index (χ1v) is 5.10. The van der Waals surface area contributed by atoms with E-state index in [0.717, 1.165) is 12.1 Å². The second-order valence-electron chi connectivity index (χ2n) is 3.81. The lowest BCUT2D eigenvalue weighted by Gasteiger charge is -2.30. The molecule has 1 aromatic carbocycles. The van der Waals surface area contributed by atoms with Gasteiger partial charge in [0.2, 0.25) is 0 Å². The van der Waals surface area contributed by atoms with Crippen LogP contribution in [-0.4, -0.2) is 31.0 Å². The van der Waals surface area contributed by atoms with Gasteiger partial charge < -0.3 is 15.2 Å². The van der Waals surface area contributed by atoms with Crippen molar-refractivity contribution in [2.45, 2.75) is 12.1 Å². The Morgan fingerprint density at radius 1 is 1.31 bits per heavy atom. The van der Waals surface area contributed by atoms with Crippen LogP contribution in [0.25, 0.3) is 0 Å².